The molecule has 0 amide bonds. The first-order valence-electron chi connectivity index (χ1n) is 4.30. The highest BCUT2D eigenvalue weighted by atomic mass is 15.3. The number of aromatic nitrogens is 2. The first-order valence-corrected chi connectivity index (χ1v) is 4.30. The van der Waals surface area contributed by atoms with Gasteiger partial charge in [-0.25, -0.2) is 0 Å². The predicted octanol–water partition coefficient (Wildman–Crippen LogP) is 1.22. The second-order valence-corrected chi connectivity index (χ2v) is 3.18. The van der Waals surface area contributed by atoms with Gasteiger partial charge in [-0.3, -0.25) is 4.68 Å². The van der Waals surface area contributed by atoms with Gasteiger partial charge in [0.15, 0.2) is 0 Å². The summed E-state index contributed by atoms with van der Waals surface area (Å²) < 4.78 is 1.73. The number of nitrogens with zero attached hydrogens (tertiary/aromatic N) is 3. The lowest BCUT2D eigenvalue weighted by atomic mass is 10.1. The van der Waals surface area contributed by atoms with Crippen molar-refractivity contribution in [2.24, 2.45) is 7.05 Å². The van der Waals surface area contributed by atoms with Gasteiger partial charge in [-0.1, -0.05) is 12.1 Å². The number of hydrogen-bond acceptors (Lipinski definition) is 3. The van der Waals surface area contributed by atoms with Crippen LogP contribution in [0.5, 0.6) is 0 Å². The highest BCUT2D eigenvalue weighted by Crippen LogP contribution is 2.24. The summed E-state index contributed by atoms with van der Waals surface area (Å²) in [5.74, 6) is 0. The molecule has 0 fully saturated rings. The van der Waals surface area contributed by atoms with Gasteiger partial charge in [-0.2, -0.15) is 10.4 Å². The van der Waals surface area contributed by atoms with Crippen molar-refractivity contribution in [1.29, 1.82) is 5.26 Å². The Labute approximate surface area is 81.5 Å². The second kappa shape index (κ2) is 3.04. The van der Waals surface area contributed by atoms with E-state index in [4.69, 9.17) is 11.0 Å². The zero-order valence-electron chi connectivity index (χ0n) is 7.86. The molecular formula is C10H10N4. The lowest BCUT2D eigenvalue weighted by molar-refractivity contribution is 0.797. The van der Waals surface area contributed by atoms with Crippen LogP contribution in [-0.2, 0) is 13.5 Å². The van der Waals surface area contributed by atoms with Crippen molar-refractivity contribution in [2.75, 3.05) is 5.73 Å². The average molecular weight is 186 g/mol. The van der Waals surface area contributed by atoms with E-state index in [0.29, 0.717) is 12.1 Å². The smallest absolute Gasteiger partial charge is 0.0911 e. The van der Waals surface area contributed by atoms with E-state index in [0.717, 1.165) is 16.5 Å². The van der Waals surface area contributed by atoms with Crippen molar-refractivity contribution in [3.63, 3.8) is 0 Å². The van der Waals surface area contributed by atoms with Gasteiger partial charge < -0.3 is 5.73 Å². The Morgan fingerprint density at radius 2 is 2.36 bits per heavy atom. The van der Waals surface area contributed by atoms with Crippen LogP contribution in [-0.4, -0.2) is 9.78 Å². The third-order valence-electron chi connectivity index (χ3n) is 2.30. The minimum Gasteiger partial charge on any atom is -0.397 e. The summed E-state index contributed by atoms with van der Waals surface area (Å²) in [5, 5.41) is 13.7. The third kappa shape index (κ3) is 1.11. The summed E-state index contributed by atoms with van der Waals surface area (Å²) in [6.07, 6.45) is 2.11. The number of rotatable bonds is 1. The van der Waals surface area contributed by atoms with Crippen LogP contribution in [0.3, 0.4) is 0 Å². The second-order valence-electron chi connectivity index (χ2n) is 3.18. The van der Waals surface area contributed by atoms with E-state index in [1.165, 1.54) is 0 Å². The Morgan fingerprint density at radius 3 is 3.07 bits per heavy atom. The number of fused-ring (bicyclic) bond motifs is 1. The van der Waals surface area contributed by atoms with E-state index in [2.05, 4.69) is 11.2 Å². The topological polar surface area (TPSA) is 67.6 Å². The van der Waals surface area contributed by atoms with E-state index in [-0.39, 0.29) is 0 Å². The molecule has 14 heavy (non-hydrogen) atoms. The van der Waals surface area contributed by atoms with E-state index in [1.807, 2.05) is 19.2 Å². The van der Waals surface area contributed by atoms with Crippen molar-refractivity contribution in [2.45, 2.75) is 6.42 Å². The van der Waals surface area contributed by atoms with Gasteiger partial charge in [-0.15, -0.1) is 0 Å². The molecule has 2 rings (SSSR count). The Balaban J connectivity index is 2.74. The average Bonchev–Trinajstić information content (AvgIpc) is 2.54. The number of hydrogen-bond donors (Lipinski definition) is 1. The van der Waals surface area contributed by atoms with Crippen molar-refractivity contribution >= 4 is 16.6 Å². The molecule has 0 saturated heterocycles. The molecule has 0 atom stereocenters. The SMILES string of the molecule is Cn1ncc2ccc(CC#N)c(N)c21. The van der Waals surface area contributed by atoms with E-state index in [9.17, 15) is 0 Å². The highest BCUT2D eigenvalue weighted by molar-refractivity contribution is 5.91. The maximum absolute atomic E-state index is 8.61. The van der Waals surface area contributed by atoms with E-state index in [1.54, 1.807) is 10.9 Å². The summed E-state index contributed by atoms with van der Waals surface area (Å²) in [4.78, 5) is 0. The normalized spacial score (nSPS) is 10.3. The maximum Gasteiger partial charge on any atom is 0.0911 e. The maximum atomic E-state index is 8.61. The Morgan fingerprint density at radius 1 is 1.57 bits per heavy atom. The van der Waals surface area contributed by atoms with Crippen LogP contribution in [0.1, 0.15) is 5.56 Å². The van der Waals surface area contributed by atoms with Gasteiger partial charge in [0.1, 0.15) is 0 Å². The molecule has 1 aromatic heterocycles. The standard InChI is InChI=1S/C10H10N4/c1-14-10-8(6-13-14)3-2-7(4-5-11)9(10)12/h2-3,6H,4,12H2,1H3. The predicted molar refractivity (Wildman–Crippen MR) is 54.4 cm³/mol. The van der Waals surface area contributed by atoms with Gasteiger partial charge in [0, 0.05) is 12.4 Å². The molecule has 0 unspecified atom stereocenters. The fraction of sp³-hybridized carbons (Fsp3) is 0.200. The van der Waals surface area contributed by atoms with Crippen LogP contribution in [0.4, 0.5) is 5.69 Å². The largest absolute Gasteiger partial charge is 0.397 e. The lowest BCUT2D eigenvalue weighted by Gasteiger charge is -2.04. The molecule has 0 spiro atoms. The molecule has 2 N–H and O–H groups in total. The molecule has 0 aliphatic rings. The Kier molecular flexibility index (Phi) is 1.86. The number of nitrogens with two attached hydrogens (primary N) is 1. The van der Waals surface area contributed by atoms with Crippen LogP contribution in [0, 0.1) is 11.3 Å². The van der Waals surface area contributed by atoms with Gasteiger partial charge in [0.2, 0.25) is 0 Å². The minimum absolute atomic E-state index is 0.340. The zero-order chi connectivity index (χ0) is 10.1. The van der Waals surface area contributed by atoms with Gasteiger partial charge >= 0.3 is 0 Å². The fourth-order valence-electron chi connectivity index (χ4n) is 1.58. The number of aryl methyl sites for hydroxylation is 1. The molecular weight excluding hydrogens is 176 g/mol. The lowest BCUT2D eigenvalue weighted by Crippen LogP contribution is -1.98. The molecule has 1 heterocycles. The first kappa shape index (κ1) is 8.57. The number of benzene rings is 1. The quantitative estimate of drug-likeness (QED) is 0.681. The Hall–Kier alpha value is -2.02. The molecule has 70 valence electrons. The number of nitrogen functional groups attached to an aromatic ring is 1. The van der Waals surface area contributed by atoms with Gasteiger partial charge in [-0.05, 0) is 5.56 Å². The van der Waals surface area contributed by atoms with Crippen molar-refractivity contribution in [3.05, 3.63) is 23.9 Å². The van der Waals surface area contributed by atoms with Crippen LogP contribution >= 0.6 is 0 Å². The monoisotopic (exact) mass is 186 g/mol. The molecule has 4 nitrogen and oxygen atoms in total. The third-order valence-corrected chi connectivity index (χ3v) is 2.30. The summed E-state index contributed by atoms with van der Waals surface area (Å²) >= 11 is 0. The van der Waals surface area contributed by atoms with Crippen molar-refractivity contribution in [3.8, 4) is 6.07 Å². The van der Waals surface area contributed by atoms with Gasteiger partial charge in [0.05, 0.1) is 29.9 Å². The molecule has 0 bridgehead atoms. The summed E-state index contributed by atoms with van der Waals surface area (Å²) in [6, 6.07) is 5.90. The minimum atomic E-state index is 0.340. The Bertz CT molecular complexity index is 519. The summed E-state index contributed by atoms with van der Waals surface area (Å²) in [7, 11) is 1.84. The van der Waals surface area contributed by atoms with Crippen LogP contribution in [0.15, 0.2) is 18.3 Å². The summed E-state index contributed by atoms with van der Waals surface area (Å²) in [5.41, 5.74) is 8.36. The number of nitriles is 1. The summed E-state index contributed by atoms with van der Waals surface area (Å²) in [6.45, 7) is 0. The zero-order valence-corrected chi connectivity index (χ0v) is 7.86. The molecule has 0 radical (unpaired) electrons. The van der Waals surface area contributed by atoms with E-state index >= 15 is 0 Å². The van der Waals surface area contributed by atoms with Crippen LogP contribution < -0.4 is 5.73 Å². The first-order chi connectivity index (χ1) is 6.74. The molecule has 4 heteroatoms. The highest BCUT2D eigenvalue weighted by Gasteiger charge is 2.07. The number of anilines is 1. The van der Waals surface area contributed by atoms with E-state index < -0.39 is 0 Å². The van der Waals surface area contributed by atoms with Crippen molar-refractivity contribution < 1.29 is 0 Å². The van der Waals surface area contributed by atoms with Gasteiger partial charge in [0.25, 0.3) is 0 Å². The fourth-order valence-corrected chi connectivity index (χ4v) is 1.58. The van der Waals surface area contributed by atoms with Crippen molar-refractivity contribution in [1.82, 2.24) is 9.78 Å². The molecule has 0 saturated carbocycles. The molecule has 2 aromatic rings. The molecule has 0 aliphatic carbocycles. The molecule has 1 aromatic carbocycles. The molecule has 0 aliphatic heterocycles. The van der Waals surface area contributed by atoms with Crippen LogP contribution in [0.2, 0.25) is 0 Å². The van der Waals surface area contributed by atoms with Crippen LogP contribution in [0.25, 0.3) is 10.9 Å².